The van der Waals surface area contributed by atoms with Gasteiger partial charge >= 0.3 is 6.18 Å². The van der Waals surface area contributed by atoms with Crippen LogP contribution >= 0.6 is 0 Å². The lowest BCUT2D eigenvalue weighted by Gasteiger charge is -2.15. The van der Waals surface area contributed by atoms with E-state index in [4.69, 9.17) is 16.3 Å². The van der Waals surface area contributed by atoms with Crippen molar-refractivity contribution < 1.29 is 22.7 Å². The predicted molar refractivity (Wildman–Crippen MR) is 92.1 cm³/mol. The van der Waals surface area contributed by atoms with Gasteiger partial charge in [0.1, 0.15) is 0 Å². The lowest BCUT2D eigenvalue weighted by Crippen LogP contribution is -2.28. The van der Waals surface area contributed by atoms with Crippen molar-refractivity contribution >= 4 is 5.91 Å². The van der Waals surface area contributed by atoms with E-state index in [0.717, 1.165) is 12.1 Å². The van der Waals surface area contributed by atoms with E-state index in [0.29, 0.717) is 25.1 Å². The Morgan fingerprint density at radius 1 is 1.46 bits per heavy atom. The lowest BCUT2D eigenvalue weighted by molar-refractivity contribution is -0.137. The third-order valence-corrected chi connectivity index (χ3v) is 3.56. The molecule has 9 heteroatoms. The molecule has 2 rings (SSSR count). The van der Waals surface area contributed by atoms with Crippen molar-refractivity contribution in [2.75, 3.05) is 13.1 Å². The second-order valence-electron chi connectivity index (χ2n) is 5.43. The van der Waals surface area contributed by atoms with Gasteiger partial charge in [0.05, 0.1) is 18.3 Å². The van der Waals surface area contributed by atoms with Gasteiger partial charge in [-0.15, -0.1) is 0 Å². The van der Waals surface area contributed by atoms with Gasteiger partial charge in [0.25, 0.3) is 0 Å². The van der Waals surface area contributed by atoms with Crippen LogP contribution in [0.3, 0.4) is 0 Å². The second kappa shape index (κ2) is 10.5. The highest BCUT2D eigenvalue weighted by molar-refractivity contribution is 5.87. The number of amides is 1. The fourth-order valence-corrected chi connectivity index (χ4v) is 2.30. The number of nitrogens with zero attached hydrogens (tertiary/aromatic N) is 1. The van der Waals surface area contributed by atoms with Gasteiger partial charge < -0.3 is 20.8 Å². The van der Waals surface area contributed by atoms with E-state index in [-0.39, 0.29) is 18.6 Å². The zero-order valence-corrected chi connectivity index (χ0v) is 14.2. The van der Waals surface area contributed by atoms with Gasteiger partial charge in [-0.1, -0.05) is 18.7 Å². The van der Waals surface area contributed by atoms with Crippen LogP contribution in [0.2, 0.25) is 0 Å². The van der Waals surface area contributed by atoms with Crippen molar-refractivity contribution in [2.45, 2.75) is 25.3 Å². The van der Waals surface area contributed by atoms with Crippen molar-refractivity contribution in [3.8, 4) is 0 Å². The van der Waals surface area contributed by atoms with Crippen LogP contribution in [0.5, 0.6) is 0 Å². The van der Waals surface area contributed by atoms with Crippen LogP contribution in [-0.2, 0) is 22.3 Å². The number of hydrogen-bond acceptors (Lipinski definition) is 5. The molecule has 26 heavy (non-hydrogen) atoms. The minimum Gasteiger partial charge on any atom is -0.403 e. The Bertz CT molecular complexity index is 620. The van der Waals surface area contributed by atoms with Gasteiger partial charge in [-0.05, 0) is 30.2 Å². The number of likely N-dealkylation sites (tertiary alicyclic amines) is 1. The van der Waals surface area contributed by atoms with Crippen LogP contribution in [0.4, 0.5) is 13.2 Å². The second-order valence-corrected chi connectivity index (χ2v) is 5.43. The van der Waals surface area contributed by atoms with E-state index < -0.39 is 11.7 Å². The standard InChI is InChI=1S/C15H16F3NO2.C2H7N3/c1-2-14(20)19-7-6-13(9-19)21-10-11-4-3-5-12(8-11)15(16,17)18;3-1-2-5-4/h2-5,8,13H,1,6-7,9-10H2;1-2,5H,3-4H2/b;2-1-. The van der Waals surface area contributed by atoms with Crippen LogP contribution < -0.4 is 17.0 Å². The molecule has 1 amide bonds. The average Bonchev–Trinajstić information content (AvgIpc) is 3.09. The van der Waals surface area contributed by atoms with Crippen molar-refractivity contribution in [1.82, 2.24) is 10.3 Å². The number of nitrogens with one attached hydrogen (secondary N) is 1. The molecule has 1 saturated heterocycles. The molecule has 1 atom stereocenters. The van der Waals surface area contributed by atoms with E-state index in [9.17, 15) is 18.0 Å². The van der Waals surface area contributed by atoms with Gasteiger partial charge in [0.2, 0.25) is 5.91 Å². The van der Waals surface area contributed by atoms with Crippen LogP contribution in [-0.4, -0.2) is 30.0 Å². The molecule has 1 fully saturated rings. The van der Waals surface area contributed by atoms with Crippen LogP contribution in [0.1, 0.15) is 17.5 Å². The molecule has 0 bridgehead atoms. The van der Waals surface area contributed by atoms with E-state index in [1.165, 1.54) is 24.5 Å². The summed E-state index contributed by atoms with van der Waals surface area (Å²) in [6.45, 7) is 4.55. The zero-order valence-electron chi connectivity index (χ0n) is 14.2. The van der Waals surface area contributed by atoms with Crippen LogP contribution in [0.25, 0.3) is 0 Å². The van der Waals surface area contributed by atoms with Gasteiger partial charge in [-0.2, -0.15) is 13.2 Å². The molecule has 0 spiro atoms. The summed E-state index contributed by atoms with van der Waals surface area (Å²) in [6.07, 6.45) is 0.174. The highest BCUT2D eigenvalue weighted by Crippen LogP contribution is 2.29. The topological polar surface area (TPSA) is 93.6 Å². The van der Waals surface area contributed by atoms with Crippen molar-refractivity contribution in [3.05, 3.63) is 60.4 Å². The summed E-state index contributed by atoms with van der Waals surface area (Å²) in [7, 11) is 0. The van der Waals surface area contributed by atoms with E-state index in [2.05, 4.69) is 12.0 Å². The summed E-state index contributed by atoms with van der Waals surface area (Å²) < 4.78 is 43.4. The van der Waals surface area contributed by atoms with Gasteiger partial charge in [-0.25, -0.2) is 0 Å². The van der Waals surface area contributed by atoms with Crippen LogP contribution in [0, 0.1) is 0 Å². The largest absolute Gasteiger partial charge is 0.416 e. The third kappa shape index (κ3) is 7.16. The number of nitrogens with two attached hydrogens (primary N) is 2. The highest BCUT2D eigenvalue weighted by atomic mass is 19.4. The van der Waals surface area contributed by atoms with Gasteiger partial charge in [0.15, 0.2) is 0 Å². The number of carbonyl (C=O) groups is 1. The number of halogens is 3. The van der Waals surface area contributed by atoms with Gasteiger partial charge in [0, 0.05) is 25.5 Å². The Hall–Kier alpha value is -2.52. The molecule has 5 N–H and O–H groups in total. The molecule has 144 valence electrons. The molecule has 6 nitrogen and oxygen atoms in total. The number of hydrogen-bond donors (Lipinski definition) is 3. The van der Waals surface area contributed by atoms with Crippen molar-refractivity contribution in [2.24, 2.45) is 11.6 Å². The number of ether oxygens (including phenoxy) is 1. The maximum absolute atomic E-state index is 12.6. The number of carbonyl (C=O) groups excluding carboxylic acids is 1. The fourth-order valence-electron chi connectivity index (χ4n) is 2.30. The summed E-state index contributed by atoms with van der Waals surface area (Å²) in [5, 5.41) is 0. The Kier molecular flexibility index (Phi) is 8.66. The smallest absolute Gasteiger partial charge is 0.403 e. The quantitative estimate of drug-likeness (QED) is 0.417. The minimum atomic E-state index is -4.35. The van der Waals surface area contributed by atoms with E-state index >= 15 is 0 Å². The molecule has 1 aromatic rings. The number of benzene rings is 1. The molecule has 0 aliphatic carbocycles. The predicted octanol–water partition coefficient (Wildman–Crippen LogP) is 1.89. The normalized spacial score (nSPS) is 16.9. The monoisotopic (exact) mass is 372 g/mol. The molecule has 1 aromatic carbocycles. The Morgan fingerprint density at radius 3 is 2.73 bits per heavy atom. The summed E-state index contributed by atoms with van der Waals surface area (Å²) in [4.78, 5) is 13.0. The molecule has 0 saturated carbocycles. The number of hydrazine groups is 1. The van der Waals surface area contributed by atoms with Crippen molar-refractivity contribution in [1.29, 1.82) is 0 Å². The zero-order chi connectivity index (χ0) is 19.6. The first kappa shape index (κ1) is 21.5. The summed E-state index contributed by atoms with van der Waals surface area (Å²) in [6, 6.07) is 5.08. The fraction of sp³-hybridized carbons (Fsp3) is 0.353. The SMILES string of the molecule is C=CC(=O)N1CCC(OCc2cccc(C(F)(F)F)c2)C1.N/C=C\NN. The van der Waals surface area contributed by atoms with Crippen molar-refractivity contribution in [3.63, 3.8) is 0 Å². The Labute approximate surface area is 150 Å². The number of alkyl halides is 3. The molecule has 0 aromatic heterocycles. The molecule has 0 radical (unpaired) electrons. The minimum absolute atomic E-state index is 0.102. The third-order valence-electron chi connectivity index (χ3n) is 3.56. The first-order valence-electron chi connectivity index (χ1n) is 7.83. The Balaban J connectivity index is 0.000000597. The molecule has 1 heterocycles. The highest BCUT2D eigenvalue weighted by Gasteiger charge is 2.30. The Morgan fingerprint density at radius 2 is 2.19 bits per heavy atom. The molecular weight excluding hydrogens is 349 g/mol. The molecule has 1 aliphatic rings. The molecule has 1 unspecified atom stereocenters. The maximum atomic E-state index is 12.6. The number of rotatable bonds is 5. The average molecular weight is 372 g/mol. The lowest BCUT2D eigenvalue weighted by atomic mass is 10.1. The summed E-state index contributed by atoms with van der Waals surface area (Å²) in [5.74, 6) is 4.57. The first-order valence-corrected chi connectivity index (χ1v) is 7.83. The van der Waals surface area contributed by atoms with E-state index in [1.807, 2.05) is 0 Å². The van der Waals surface area contributed by atoms with E-state index in [1.54, 1.807) is 11.0 Å². The van der Waals surface area contributed by atoms with Gasteiger partial charge in [-0.3, -0.25) is 10.6 Å². The molecule has 1 aliphatic heterocycles. The molecular formula is C17H23F3N4O2. The summed E-state index contributed by atoms with van der Waals surface area (Å²) >= 11 is 0. The van der Waals surface area contributed by atoms with Crippen LogP contribution in [0.15, 0.2) is 49.3 Å². The maximum Gasteiger partial charge on any atom is 0.416 e. The first-order chi connectivity index (χ1) is 12.3. The summed E-state index contributed by atoms with van der Waals surface area (Å²) in [5.41, 5.74) is 6.82.